The quantitative estimate of drug-likeness (QED) is 0.777. The number of primary sulfonamides is 1. The third-order valence-corrected chi connectivity index (χ3v) is 4.02. The number of amides is 2. The molecule has 2 N–H and O–H groups in total. The molecule has 9 nitrogen and oxygen atoms in total. The molecule has 0 bridgehead atoms. The molecule has 1 aliphatic heterocycles. The van der Waals surface area contributed by atoms with Crippen LogP contribution in [0.4, 0.5) is 0 Å². The van der Waals surface area contributed by atoms with Gasteiger partial charge >= 0.3 is 5.97 Å². The summed E-state index contributed by atoms with van der Waals surface area (Å²) >= 11 is 0. The summed E-state index contributed by atoms with van der Waals surface area (Å²) in [6, 6.07) is 8.13. The highest BCUT2D eigenvalue weighted by molar-refractivity contribution is 7.89. The number of aromatic nitrogens is 1. The van der Waals surface area contributed by atoms with Gasteiger partial charge in [-0.3, -0.25) is 9.59 Å². The van der Waals surface area contributed by atoms with E-state index in [-0.39, 0.29) is 16.7 Å². The number of carbonyl (C=O) groups is 3. The van der Waals surface area contributed by atoms with E-state index in [0.717, 1.165) is 18.3 Å². The first-order valence-electron chi connectivity index (χ1n) is 6.48. The Morgan fingerprint density at radius 3 is 2.08 bits per heavy atom. The fraction of sp³-hybridized carbons (Fsp3) is 0. The summed E-state index contributed by atoms with van der Waals surface area (Å²) in [4.78, 5) is 44.5. The molecule has 2 aromatic rings. The molecular formula is C14H9N3O6S. The summed E-state index contributed by atoms with van der Waals surface area (Å²) in [5, 5.41) is 4.81. The van der Waals surface area contributed by atoms with Crippen molar-refractivity contribution in [3.63, 3.8) is 0 Å². The van der Waals surface area contributed by atoms with E-state index in [1.54, 1.807) is 12.1 Å². The van der Waals surface area contributed by atoms with Gasteiger partial charge in [0.1, 0.15) is 0 Å². The molecule has 24 heavy (non-hydrogen) atoms. The van der Waals surface area contributed by atoms with Crippen molar-refractivity contribution in [2.24, 2.45) is 5.14 Å². The lowest BCUT2D eigenvalue weighted by atomic mass is 10.1. The third kappa shape index (κ3) is 2.64. The molecule has 1 aliphatic rings. The van der Waals surface area contributed by atoms with Gasteiger partial charge in [-0.2, -0.15) is 0 Å². The van der Waals surface area contributed by atoms with E-state index in [9.17, 15) is 22.8 Å². The molecule has 0 unspecified atom stereocenters. The van der Waals surface area contributed by atoms with Crippen LogP contribution >= 0.6 is 0 Å². The number of rotatable bonds is 3. The van der Waals surface area contributed by atoms with E-state index in [1.165, 1.54) is 12.1 Å². The Morgan fingerprint density at radius 1 is 1.04 bits per heavy atom. The molecule has 122 valence electrons. The van der Waals surface area contributed by atoms with Crippen LogP contribution in [-0.4, -0.2) is 36.2 Å². The SMILES string of the molecule is NS(=O)(=O)c1ccc(C(=O)ON2C(=O)c3ccccc3C2=O)cn1. The number of nitrogens with zero attached hydrogens (tertiary/aromatic N) is 2. The first kappa shape index (κ1) is 15.8. The average Bonchev–Trinajstić information content (AvgIpc) is 2.79. The minimum Gasteiger partial charge on any atom is -0.324 e. The third-order valence-electron chi connectivity index (χ3n) is 3.19. The number of benzene rings is 1. The van der Waals surface area contributed by atoms with Crippen molar-refractivity contribution in [3.8, 4) is 0 Å². The van der Waals surface area contributed by atoms with Gasteiger partial charge < -0.3 is 4.84 Å². The van der Waals surface area contributed by atoms with Crippen LogP contribution in [-0.2, 0) is 14.9 Å². The minimum atomic E-state index is -4.00. The number of hydrogen-bond acceptors (Lipinski definition) is 7. The second-order valence-electron chi connectivity index (χ2n) is 4.76. The number of nitrogens with two attached hydrogens (primary N) is 1. The van der Waals surface area contributed by atoms with E-state index in [0.29, 0.717) is 5.06 Å². The van der Waals surface area contributed by atoms with Gasteiger partial charge in [0.05, 0.1) is 16.7 Å². The van der Waals surface area contributed by atoms with Gasteiger partial charge in [0.2, 0.25) is 0 Å². The monoisotopic (exact) mass is 347 g/mol. The van der Waals surface area contributed by atoms with Crippen LogP contribution in [0.3, 0.4) is 0 Å². The number of imide groups is 1. The standard InChI is InChI=1S/C14H9N3O6S/c15-24(21,22)11-6-5-8(7-16-11)14(20)23-17-12(18)9-3-1-2-4-10(9)13(17)19/h1-7H,(H2,15,21,22). The summed E-state index contributed by atoms with van der Waals surface area (Å²) in [6.07, 6.45) is 0.917. The Hall–Kier alpha value is -3.11. The molecule has 0 fully saturated rings. The molecule has 10 heteroatoms. The van der Waals surface area contributed by atoms with Crippen LogP contribution in [0.15, 0.2) is 47.6 Å². The van der Waals surface area contributed by atoms with Gasteiger partial charge in [-0.15, -0.1) is 0 Å². The van der Waals surface area contributed by atoms with Crippen LogP contribution < -0.4 is 5.14 Å². The van der Waals surface area contributed by atoms with Crippen LogP contribution in [0.5, 0.6) is 0 Å². The number of pyridine rings is 1. The number of carbonyl (C=O) groups excluding carboxylic acids is 3. The van der Waals surface area contributed by atoms with Crippen molar-refractivity contribution in [2.75, 3.05) is 0 Å². The zero-order chi connectivity index (χ0) is 17.5. The van der Waals surface area contributed by atoms with E-state index in [2.05, 4.69) is 4.98 Å². The average molecular weight is 347 g/mol. The second kappa shape index (κ2) is 5.51. The molecule has 1 aromatic carbocycles. The van der Waals surface area contributed by atoms with Gasteiger partial charge in [0.25, 0.3) is 21.8 Å². The predicted octanol–water partition coefficient (Wildman–Crippen LogP) is 0.0970. The lowest BCUT2D eigenvalue weighted by Gasteiger charge is -2.12. The maximum atomic E-state index is 12.1. The fourth-order valence-corrected chi connectivity index (χ4v) is 2.51. The smallest absolute Gasteiger partial charge is 0.324 e. The summed E-state index contributed by atoms with van der Waals surface area (Å²) in [5.41, 5.74) is 0.0925. The van der Waals surface area contributed by atoms with Gasteiger partial charge in [0.15, 0.2) is 5.03 Å². The molecule has 0 radical (unpaired) electrons. The summed E-state index contributed by atoms with van der Waals surface area (Å²) in [5.74, 6) is -2.57. The maximum Gasteiger partial charge on any atom is 0.365 e. The topological polar surface area (TPSA) is 137 Å². The highest BCUT2D eigenvalue weighted by Crippen LogP contribution is 2.23. The Morgan fingerprint density at radius 2 is 1.62 bits per heavy atom. The van der Waals surface area contributed by atoms with Gasteiger partial charge in [-0.1, -0.05) is 17.2 Å². The zero-order valence-corrected chi connectivity index (χ0v) is 12.7. The Labute approximate surface area is 135 Å². The van der Waals surface area contributed by atoms with E-state index >= 15 is 0 Å². The zero-order valence-electron chi connectivity index (χ0n) is 11.9. The highest BCUT2D eigenvalue weighted by Gasteiger charge is 2.38. The number of fused-ring (bicyclic) bond motifs is 1. The molecule has 1 aromatic heterocycles. The Balaban J connectivity index is 1.81. The van der Waals surface area contributed by atoms with Crippen molar-refractivity contribution in [1.29, 1.82) is 0 Å². The Bertz CT molecular complexity index is 933. The van der Waals surface area contributed by atoms with Gasteiger partial charge in [-0.05, 0) is 24.3 Å². The van der Waals surface area contributed by atoms with E-state index < -0.39 is 32.8 Å². The van der Waals surface area contributed by atoms with Gasteiger partial charge in [0, 0.05) is 6.20 Å². The fourth-order valence-electron chi connectivity index (χ4n) is 2.06. The van der Waals surface area contributed by atoms with Crippen LogP contribution in [0, 0.1) is 0 Å². The first-order chi connectivity index (χ1) is 11.3. The molecule has 0 atom stereocenters. The lowest BCUT2D eigenvalue weighted by Crippen LogP contribution is -2.32. The highest BCUT2D eigenvalue weighted by atomic mass is 32.2. The molecule has 0 saturated carbocycles. The van der Waals surface area contributed by atoms with Crippen LogP contribution in [0.1, 0.15) is 31.1 Å². The largest absolute Gasteiger partial charge is 0.365 e. The molecule has 0 saturated heterocycles. The summed E-state index contributed by atoms with van der Waals surface area (Å²) in [7, 11) is -4.00. The molecule has 2 heterocycles. The molecule has 3 rings (SSSR count). The normalized spacial score (nSPS) is 13.8. The van der Waals surface area contributed by atoms with E-state index in [4.69, 9.17) is 9.98 Å². The van der Waals surface area contributed by atoms with Crippen molar-refractivity contribution in [1.82, 2.24) is 10.0 Å². The van der Waals surface area contributed by atoms with Crippen molar-refractivity contribution < 1.29 is 27.6 Å². The van der Waals surface area contributed by atoms with Gasteiger partial charge in [-0.25, -0.2) is 23.3 Å². The number of hydroxylamine groups is 2. The van der Waals surface area contributed by atoms with Crippen LogP contribution in [0.2, 0.25) is 0 Å². The maximum absolute atomic E-state index is 12.1. The van der Waals surface area contributed by atoms with Crippen LogP contribution in [0.25, 0.3) is 0 Å². The van der Waals surface area contributed by atoms with Crippen molar-refractivity contribution >= 4 is 27.8 Å². The first-order valence-corrected chi connectivity index (χ1v) is 8.02. The Kier molecular flexibility index (Phi) is 3.62. The second-order valence-corrected chi connectivity index (χ2v) is 6.27. The summed E-state index contributed by atoms with van der Waals surface area (Å²) in [6.45, 7) is 0. The van der Waals surface area contributed by atoms with Crippen molar-refractivity contribution in [3.05, 3.63) is 59.3 Å². The molecule has 0 spiro atoms. The number of sulfonamides is 1. The molecular weight excluding hydrogens is 338 g/mol. The predicted molar refractivity (Wildman–Crippen MR) is 78.0 cm³/mol. The van der Waals surface area contributed by atoms with Crippen molar-refractivity contribution in [2.45, 2.75) is 5.03 Å². The molecule has 2 amide bonds. The van der Waals surface area contributed by atoms with E-state index in [1.807, 2.05) is 0 Å². The summed E-state index contributed by atoms with van der Waals surface area (Å²) < 4.78 is 22.2. The minimum absolute atomic E-state index is 0.123. The molecule has 0 aliphatic carbocycles. The lowest BCUT2D eigenvalue weighted by molar-refractivity contribution is -0.0584. The number of hydrogen-bond donors (Lipinski definition) is 1.